The minimum atomic E-state index is -4.37. The van der Waals surface area contributed by atoms with Gasteiger partial charge in [-0.05, 0) is 68.6 Å². The number of hydrogen-bond donors (Lipinski definition) is 1. The van der Waals surface area contributed by atoms with Gasteiger partial charge in [-0.1, -0.05) is 0 Å². The third-order valence-corrected chi connectivity index (χ3v) is 4.13. The molecule has 0 aliphatic rings. The van der Waals surface area contributed by atoms with Crippen molar-refractivity contribution in [3.63, 3.8) is 0 Å². The highest BCUT2D eigenvalue weighted by molar-refractivity contribution is 9.10. The van der Waals surface area contributed by atoms with Crippen LogP contribution in [0.1, 0.15) is 11.1 Å². The van der Waals surface area contributed by atoms with Gasteiger partial charge >= 0.3 is 6.18 Å². The van der Waals surface area contributed by atoms with Crippen LogP contribution in [0.5, 0.6) is 0 Å². The molecule has 20 heavy (non-hydrogen) atoms. The Morgan fingerprint density at radius 3 is 2.40 bits per heavy atom. The molecule has 0 aliphatic carbocycles. The summed E-state index contributed by atoms with van der Waals surface area (Å²) in [6, 6.07) is 5.17. The molecule has 1 N–H and O–H groups in total. The first-order valence-electron chi connectivity index (χ1n) is 5.53. The standard InChI is InChI=1S/C13H9Br2F3N2/c1-7-4-12(19-6-10(7)15)20-11-5-8(13(16,17)18)2-3-9(11)14/h2-6H,1H3,(H,19,20). The van der Waals surface area contributed by atoms with Crippen LogP contribution >= 0.6 is 31.9 Å². The first kappa shape index (κ1) is 15.3. The predicted molar refractivity (Wildman–Crippen MR) is 79.1 cm³/mol. The molecule has 1 aromatic heterocycles. The third-order valence-electron chi connectivity index (χ3n) is 2.60. The van der Waals surface area contributed by atoms with Crippen molar-refractivity contribution in [1.29, 1.82) is 0 Å². The van der Waals surface area contributed by atoms with E-state index >= 15 is 0 Å². The molecule has 0 saturated carbocycles. The van der Waals surface area contributed by atoms with Gasteiger partial charge in [0.2, 0.25) is 0 Å². The van der Waals surface area contributed by atoms with Crippen LogP contribution in [0.25, 0.3) is 0 Å². The summed E-state index contributed by atoms with van der Waals surface area (Å²) in [6.45, 7) is 1.87. The van der Waals surface area contributed by atoms with E-state index in [1.807, 2.05) is 6.92 Å². The molecule has 0 saturated heterocycles. The van der Waals surface area contributed by atoms with Crippen LogP contribution in [0.15, 0.2) is 39.4 Å². The maximum Gasteiger partial charge on any atom is 0.416 e. The van der Waals surface area contributed by atoms with Crippen molar-refractivity contribution in [3.05, 3.63) is 50.5 Å². The van der Waals surface area contributed by atoms with Crippen molar-refractivity contribution in [2.45, 2.75) is 13.1 Å². The fraction of sp³-hybridized carbons (Fsp3) is 0.154. The molecule has 2 nitrogen and oxygen atoms in total. The molecule has 2 aromatic rings. The van der Waals surface area contributed by atoms with Crippen LogP contribution in [0.2, 0.25) is 0 Å². The Kier molecular flexibility index (Phi) is 4.39. The predicted octanol–water partition coefficient (Wildman–Crippen LogP) is 5.68. The summed E-state index contributed by atoms with van der Waals surface area (Å²) in [6.07, 6.45) is -2.78. The summed E-state index contributed by atoms with van der Waals surface area (Å²) in [5.41, 5.74) is 0.539. The van der Waals surface area contributed by atoms with Gasteiger partial charge in [0.1, 0.15) is 5.82 Å². The van der Waals surface area contributed by atoms with Gasteiger partial charge in [-0.25, -0.2) is 4.98 Å². The molecule has 0 fully saturated rings. The number of anilines is 2. The maximum atomic E-state index is 12.7. The van der Waals surface area contributed by atoms with Crippen LogP contribution in [-0.4, -0.2) is 4.98 Å². The number of nitrogens with zero attached hydrogens (tertiary/aromatic N) is 1. The number of aromatic nitrogens is 1. The maximum absolute atomic E-state index is 12.7. The van der Waals surface area contributed by atoms with Crippen LogP contribution in [0.4, 0.5) is 24.7 Å². The molecular formula is C13H9Br2F3N2. The monoisotopic (exact) mass is 408 g/mol. The molecule has 0 atom stereocenters. The molecule has 1 aromatic carbocycles. The fourth-order valence-corrected chi connectivity index (χ4v) is 2.11. The number of rotatable bonds is 2. The summed E-state index contributed by atoms with van der Waals surface area (Å²) >= 11 is 6.54. The van der Waals surface area contributed by atoms with E-state index in [4.69, 9.17) is 0 Å². The highest BCUT2D eigenvalue weighted by atomic mass is 79.9. The molecular weight excluding hydrogens is 401 g/mol. The number of halogens is 5. The Bertz CT molecular complexity index is 642. The summed E-state index contributed by atoms with van der Waals surface area (Å²) in [7, 11) is 0. The molecule has 2 rings (SSSR count). The normalized spacial score (nSPS) is 11.5. The molecule has 0 bridgehead atoms. The van der Waals surface area contributed by atoms with Crippen LogP contribution < -0.4 is 5.32 Å². The molecule has 0 aliphatic heterocycles. The fourth-order valence-electron chi connectivity index (χ4n) is 1.54. The lowest BCUT2D eigenvalue weighted by Crippen LogP contribution is -2.06. The quantitative estimate of drug-likeness (QED) is 0.690. The number of benzene rings is 1. The number of pyridine rings is 1. The zero-order valence-corrected chi connectivity index (χ0v) is 13.4. The summed E-state index contributed by atoms with van der Waals surface area (Å²) < 4.78 is 39.4. The second kappa shape index (κ2) is 5.73. The minimum Gasteiger partial charge on any atom is -0.339 e. The Morgan fingerprint density at radius 1 is 1.10 bits per heavy atom. The Morgan fingerprint density at radius 2 is 1.80 bits per heavy atom. The van der Waals surface area contributed by atoms with Crippen LogP contribution in [0, 0.1) is 6.92 Å². The van der Waals surface area contributed by atoms with Crippen molar-refractivity contribution in [2.24, 2.45) is 0 Å². The first-order chi connectivity index (χ1) is 9.27. The highest BCUT2D eigenvalue weighted by Crippen LogP contribution is 2.35. The molecule has 0 radical (unpaired) electrons. The Balaban J connectivity index is 2.35. The van der Waals surface area contributed by atoms with E-state index < -0.39 is 11.7 Å². The van der Waals surface area contributed by atoms with Crippen molar-refractivity contribution < 1.29 is 13.2 Å². The van der Waals surface area contributed by atoms with Gasteiger partial charge in [-0.3, -0.25) is 0 Å². The second-order valence-corrected chi connectivity index (χ2v) is 5.84. The zero-order valence-electron chi connectivity index (χ0n) is 10.2. The second-order valence-electron chi connectivity index (χ2n) is 4.14. The van der Waals surface area contributed by atoms with Crippen LogP contribution in [0.3, 0.4) is 0 Å². The lowest BCUT2D eigenvalue weighted by Gasteiger charge is -2.12. The molecule has 1 heterocycles. The number of hydrogen-bond acceptors (Lipinski definition) is 2. The van der Waals surface area contributed by atoms with E-state index in [0.29, 0.717) is 16.0 Å². The largest absolute Gasteiger partial charge is 0.416 e. The van der Waals surface area contributed by atoms with Gasteiger partial charge in [0.05, 0.1) is 11.3 Å². The van der Waals surface area contributed by atoms with Gasteiger partial charge in [0.15, 0.2) is 0 Å². The van der Waals surface area contributed by atoms with Crippen molar-refractivity contribution >= 4 is 43.4 Å². The highest BCUT2D eigenvalue weighted by Gasteiger charge is 2.30. The van der Waals surface area contributed by atoms with Crippen molar-refractivity contribution in [1.82, 2.24) is 4.98 Å². The number of alkyl halides is 3. The van der Waals surface area contributed by atoms with Gasteiger partial charge in [-0.15, -0.1) is 0 Å². The molecule has 106 valence electrons. The summed E-state index contributed by atoms with van der Waals surface area (Å²) in [4.78, 5) is 4.11. The van der Waals surface area contributed by atoms with Crippen molar-refractivity contribution in [2.75, 3.05) is 5.32 Å². The van der Waals surface area contributed by atoms with E-state index in [1.54, 1.807) is 12.3 Å². The van der Waals surface area contributed by atoms with Gasteiger partial charge in [0, 0.05) is 15.1 Å². The molecule has 7 heteroatoms. The van der Waals surface area contributed by atoms with Crippen molar-refractivity contribution in [3.8, 4) is 0 Å². The lowest BCUT2D eigenvalue weighted by atomic mass is 10.2. The molecule has 0 unspecified atom stereocenters. The third kappa shape index (κ3) is 3.52. The van der Waals surface area contributed by atoms with Gasteiger partial charge < -0.3 is 5.32 Å². The molecule has 0 spiro atoms. The number of nitrogens with one attached hydrogen (secondary N) is 1. The topological polar surface area (TPSA) is 24.9 Å². The average molecular weight is 410 g/mol. The van der Waals surface area contributed by atoms with Gasteiger partial charge in [0.25, 0.3) is 0 Å². The Labute approximate surface area is 130 Å². The lowest BCUT2D eigenvalue weighted by molar-refractivity contribution is -0.137. The van der Waals surface area contributed by atoms with E-state index in [0.717, 1.165) is 22.2 Å². The average Bonchev–Trinajstić information content (AvgIpc) is 2.35. The minimum absolute atomic E-state index is 0.314. The molecule has 0 amide bonds. The van der Waals surface area contributed by atoms with Crippen LogP contribution in [-0.2, 0) is 6.18 Å². The zero-order chi connectivity index (χ0) is 14.9. The first-order valence-corrected chi connectivity index (χ1v) is 7.12. The Hall–Kier alpha value is -1.08. The SMILES string of the molecule is Cc1cc(Nc2cc(C(F)(F)F)ccc2Br)ncc1Br. The summed E-state index contributed by atoms with van der Waals surface area (Å²) in [5.74, 6) is 0.478. The summed E-state index contributed by atoms with van der Waals surface area (Å²) in [5, 5.41) is 2.87. The van der Waals surface area contributed by atoms with E-state index in [9.17, 15) is 13.2 Å². The van der Waals surface area contributed by atoms with E-state index in [-0.39, 0.29) is 0 Å². The smallest absolute Gasteiger partial charge is 0.339 e. The van der Waals surface area contributed by atoms with Gasteiger partial charge in [-0.2, -0.15) is 13.2 Å². The van der Waals surface area contributed by atoms with E-state index in [2.05, 4.69) is 42.2 Å². The number of aryl methyl sites for hydroxylation is 1. The van der Waals surface area contributed by atoms with E-state index in [1.165, 1.54) is 6.07 Å².